The van der Waals surface area contributed by atoms with Gasteiger partial charge in [0.15, 0.2) is 0 Å². The van der Waals surface area contributed by atoms with Crippen LogP contribution in [0.3, 0.4) is 0 Å². The van der Waals surface area contributed by atoms with Crippen molar-refractivity contribution >= 4 is 14.2 Å². The second kappa shape index (κ2) is 8.14. The van der Waals surface area contributed by atoms with E-state index in [-0.39, 0.29) is 14.2 Å². The average molecular weight is 257 g/mol. The van der Waals surface area contributed by atoms with E-state index in [1.54, 1.807) is 0 Å². The lowest BCUT2D eigenvalue weighted by molar-refractivity contribution is 0.260. The molecule has 6 nitrogen and oxygen atoms in total. The van der Waals surface area contributed by atoms with E-state index in [0.717, 1.165) is 31.7 Å². The largest absolute Gasteiger partial charge is 0.347 e. The molecular weight excluding hydrogens is 237 g/mol. The van der Waals surface area contributed by atoms with Crippen LogP contribution in [0, 0.1) is 0 Å². The topological polar surface area (TPSA) is 71.8 Å². The summed E-state index contributed by atoms with van der Waals surface area (Å²) >= 11 is 0. The van der Waals surface area contributed by atoms with Gasteiger partial charge in [-0.15, -0.1) is 5.10 Å². The zero-order valence-corrected chi connectivity index (χ0v) is 11.4. The van der Waals surface area contributed by atoms with Crippen LogP contribution in [0.5, 0.6) is 0 Å². The van der Waals surface area contributed by atoms with E-state index in [1.165, 1.54) is 0 Å². The second-order valence-electron chi connectivity index (χ2n) is 3.61. The van der Waals surface area contributed by atoms with Gasteiger partial charge in [0, 0.05) is 6.54 Å². The Balaban J connectivity index is 2.25. The Bertz CT molecular complexity index is 341. The highest BCUT2D eigenvalue weighted by atomic mass is 31.1. The van der Waals surface area contributed by atoms with Crippen molar-refractivity contribution in [1.29, 1.82) is 0 Å². The number of carbonyl (C=O) groups is 1. The number of nitrogens with one attached hydrogen (secondary N) is 2. The fourth-order valence-corrected chi connectivity index (χ4v) is 1.60. The van der Waals surface area contributed by atoms with Crippen LogP contribution in [-0.2, 0) is 13.1 Å². The molecule has 0 fully saturated rings. The summed E-state index contributed by atoms with van der Waals surface area (Å²) in [6.45, 7) is 7.24. The Morgan fingerprint density at radius 2 is 2.41 bits per heavy atom. The fourth-order valence-electron chi connectivity index (χ4n) is 1.33. The van der Waals surface area contributed by atoms with Crippen molar-refractivity contribution in [3.05, 3.63) is 11.9 Å². The summed E-state index contributed by atoms with van der Waals surface area (Å²) < 4.78 is 1.81. The lowest BCUT2D eigenvalue weighted by Gasteiger charge is -2.01. The summed E-state index contributed by atoms with van der Waals surface area (Å²) in [5.74, 6) is 0. The van der Waals surface area contributed by atoms with Crippen molar-refractivity contribution in [3.63, 3.8) is 0 Å². The predicted molar refractivity (Wildman–Crippen MR) is 69.7 cm³/mol. The van der Waals surface area contributed by atoms with Crippen LogP contribution < -0.4 is 10.6 Å². The molecule has 0 aromatic carbocycles. The van der Waals surface area contributed by atoms with Crippen molar-refractivity contribution < 1.29 is 4.79 Å². The van der Waals surface area contributed by atoms with Gasteiger partial charge in [0.2, 0.25) is 5.65 Å². The lowest BCUT2D eigenvalue weighted by atomic mass is 10.4. The van der Waals surface area contributed by atoms with Gasteiger partial charge >= 0.3 is 0 Å². The third kappa shape index (κ3) is 5.75. The Labute approximate surface area is 103 Å². The van der Waals surface area contributed by atoms with Gasteiger partial charge < -0.3 is 10.6 Å². The summed E-state index contributed by atoms with van der Waals surface area (Å²) in [5, 5.41) is 14.0. The normalized spacial score (nSPS) is 11.2. The lowest BCUT2D eigenvalue weighted by Crippen LogP contribution is -2.17. The molecule has 1 aromatic heterocycles. The standard InChI is InChI=1S/C10H20N5OP/c1-3-11-5-4-6-15-8-9(13-14-15)7-12-10(16)17-2/h8,11,17H,3-7H2,1-2H3,(H,12,16). The monoisotopic (exact) mass is 257 g/mol. The maximum Gasteiger partial charge on any atom is 0.237 e. The number of aryl methyl sites for hydroxylation is 1. The minimum absolute atomic E-state index is 0.0618. The Morgan fingerprint density at radius 1 is 1.59 bits per heavy atom. The van der Waals surface area contributed by atoms with E-state index in [0.29, 0.717) is 6.54 Å². The quantitative estimate of drug-likeness (QED) is 0.533. The number of rotatable bonds is 8. The summed E-state index contributed by atoms with van der Waals surface area (Å²) in [4.78, 5) is 11.1. The SMILES string of the molecule is CCNCCCn1cc(CNC(=O)PC)nn1. The molecule has 1 heterocycles. The van der Waals surface area contributed by atoms with Crippen molar-refractivity contribution in [2.75, 3.05) is 19.8 Å². The van der Waals surface area contributed by atoms with Crippen molar-refractivity contribution in [2.45, 2.75) is 26.4 Å². The zero-order chi connectivity index (χ0) is 12.5. The number of hydrogen-bond donors (Lipinski definition) is 2. The zero-order valence-electron chi connectivity index (χ0n) is 10.4. The van der Waals surface area contributed by atoms with Crippen LogP contribution in [0.2, 0.25) is 0 Å². The minimum Gasteiger partial charge on any atom is -0.347 e. The molecule has 1 atom stereocenters. The fraction of sp³-hybridized carbons (Fsp3) is 0.700. The maximum atomic E-state index is 11.1. The molecule has 0 bridgehead atoms. The molecule has 1 aromatic rings. The Morgan fingerprint density at radius 3 is 3.12 bits per heavy atom. The van der Waals surface area contributed by atoms with Gasteiger partial charge in [-0.05, 0) is 34.8 Å². The number of nitrogens with zero attached hydrogens (tertiary/aromatic N) is 3. The summed E-state index contributed by atoms with van der Waals surface area (Å²) in [6.07, 6.45) is 2.91. The molecular formula is C10H20N5OP. The number of hydrogen-bond acceptors (Lipinski definition) is 4. The van der Waals surface area contributed by atoms with E-state index >= 15 is 0 Å². The molecule has 2 N–H and O–H groups in total. The molecule has 96 valence electrons. The molecule has 1 unspecified atom stereocenters. The number of carbonyl (C=O) groups excluding carboxylic acids is 1. The first-order chi connectivity index (χ1) is 8.26. The molecule has 0 radical (unpaired) electrons. The van der Waals surface area contributed by atoms with Crippen LogP contribution in [0.1, 0.15) is 19.0 Å². The van der Waals surface area contributed by atoms with Gasteiger partial charge in [-0.25, -0.2) is 0 Å². The van der Waals surface area contributed by atoms with Crippen molar-refractivity contribution in [2.24, 2.45) is 0 Å². The molecule has 7 heteroatoms. The summed E-state index contributed by atoms with van der Waals surface area (Å²) in [6, 6.07) is 0. The van der Waals surface area contributed by atoms with E-state index < -0.39 is 0 Å². The van der Waals surface area contributed by atoms with Crippen molar-refractivity contribution in [1.82, 2.24) is 25.6 Å². The van der Waals surface area contributed by atoms with E-state index in [2.05, 4.69) is 27.9 Å². The van der Waals surface area contributed by atoms with Crippen LogP contribution in [-0.4, -0.2) is 40.4 Å². The molecule has 0 spiro atoms. The van der Waals surface area contributed by atoms with Gasteiger partial charge in [-0.1, -0.05) is 12.1 Å². The highest BCUT2D eigenvalue weighted by Crippen LogP contribution is 2.03. The molecule has 1 amide bonds. The summed E-state index contributed by atoms with van der Waals surface area (Å²) in [7, 11) is 0.277. The molecule has 1 rings (SSSR count). The van der Waals surface area contributed by atoms with Gasteiger partial charge in [0.1, 0.15) is 5.69 Å². The highest BCUT2D eigenvalue weighted by Gasteiger charge is 2.02. The first-order valence-corrected chi connectivity index (χ1v) is 7.31. The molecule has 0 aliphatic carbocycles. The third-order valence-electron chi connectivity index (χ3n) is 2.23. The maximum absolute atomic E-state index is 11.1. The van der Waals surface area contributed by atoms with Crippen LogP contribution in [0.15, 0.2) is 6.20 Å². The second-order valence-corrected chi connectivity index (χ2v) is 4.57. The minimum atomic E-state index is 0.0618. The van der Waals surface area contributed by atoms with Gasteiger partial charge in [-0.3, -0.25) is 9.48 Å². The third-order valence-corrected chi connectivity index (χ3v) is 2.86. The predicted octanol–water partition coefficient (Wildman–Crippen LogP) is 0.796. The summed E-state index contributed by atoms with van der Waals surface area (Å²) in [5.41, 5.74) is 0.867. The highest BCUT2D eigenvalue weighted by molar-refractivity contribution is 7.56. The molecule has 17 heavy (non-hydrogen) atoms. The van der Waals surface area contributed by atoms with E-state index in [4.69, 9.17) is 0 Å². The molecule has 0 aliphatic heterocycles. The van der Waals surface area contributed by atoms with Crippen LogP contribution >= 0.6 is 8.58 Å². The van der Waals surface area contributed by atoms with Gasteiger partial charge in [0.25, 0.3) is 0 Å². The van der Waals surface area contributed by atoms with E-state index in [1.807, 2.05) is 17.5 Å². The van der Waals surface area contributed by atoms with Crippen LogP contribution in [0.4, 0.5) is 4.79 Å². The first-order valence-electron chi connectivity index (χ1n) is 5.81. The average Bonchev–Trinajstić information content (AvgIpc) is 2.79. The molecule has 0 aliphatic rings. The van der Waals surface area contributed by atoms with Crippen molar-refractivity contribution in [3.8, 4) is 0 Å². The van der Waals surface area contributed by atoms with Crippen LogP contribution in [0.25, 0.3) is 0 Å². The first kappa shape index (κ1) is 14.1. The van der Waals surface area contributed by atoms with E-state index in [9.17, 15) is 4.79 Å². The Kier molecular flexibility index (Phi) is 6.74. The van der Waals surface area contributed by atoms with Gasteiger partial charge in [0.05, 0.1) is 12.7 Å². The molecule has 0 saturated carbocycles. The smallest absolute Gasteiger partial charge is 0.237 e. The Hall–Kier alpha value is -1.00. The molecule has 0 saturated heterocycles. The van der Waals surface area contributed by atoms with Gasteiger partial charge in [-0.2, -0.15) is 0 Å². The number of amides is 1. The number of aromatic nitrogens is 3.